The number of carbonyl (C=O) groups excluding carboxylic acids is 5. The van der Waals surface area contributed by atoms with Crippen LogP contribution in [0.1, 0.15) is 69.9 Å². The van der Waals surface area contributed by atoms with E-state index in [2.05, 4.69) is 52.8 Å². The van der Waals surface area contributed by atoms with E-state index in [4.69, 9.17) is 5.73 Å². The van der Waals surface area contributed by atoms with Gasteiger partial charge in [-0.1, -0.05) is 36.1 Å². The summed E-state index contributed by atoms with van der Waals surface area (Å²) in [4.78, 5) is 91.3. The van der Waals surface area contributed by atoms with E-state index in [-0.39, 0.29) is 60.8 Å². The molecular formula is C58H53F3N12O7. The Hall–Kier alpha value is -9.78. The number of hydrogen-bond donors (Lipinski definition) is 5. The van der Waals surface area contributed by atoms with Crippen molar-refractivity contribution in [2.45, 2.75) is 63.9 Å². The molecule has 1 unspecified atom stereocenters. The van der Waals surface area contributed by atoms with Crippen LogP contribution in [-0.4, -0.2) is 90.7 Å². The van der Waals surface area contributed by atoms with Crippen LogP contribution in [0.4, 0.5) is 30.5 Å². The van der Waals surface area contributed by atoms with E-state index >= 15 is 0 Å². The van der Waals surface area contributed by atoms with Crippen LogP contribution in [0, 0.1) is 11.8 Å². The molecule has 1 atom stereocenters. The third-order valence-electron chi connectivity index (χ3n) is 14.0. The number of carbonyl (C=O) groups is 5. The molecule has 2 aliphatic heterocycles. The van der Waals surface area contributed by atoms with Crippen LogP contribution >= 0.6 is 0 Å². The Balaban J connectivity index is 0.657. The lowest BCUT2D eigenvalue weighted by Gasteiger charge is -2.21. The summed E-state index contributed by atoms with van der Waals surface area (Å²) < 4.78 is 47.2. The van der Waals surface area contributed by atoms with Crippen LogP contribution in [0.5, 0.6) is 5.75 Å². The summed E-state index contributed by atoms with van der Waals surface area (Å²) in [6.45, 7) is 2.11. The Bertz CT molecular complexity index is 3840. The predicted octanol–water partition coefficient (Wildman–Crippen LogP) is 6.12. The highest BCUT2D eigenvalue weighted by Crippen LogP contribution is 2.38. The number of nitrogens with two attached hydrogens (primary N) is 1. The monoisotopic (exact) mass is 1090 g/mol. The molecule has 80 heavy (non-hydrogen) atoms. The molecule has 8 aromatic rings. The number of rotatable bonds is 17. The molecule has 408 valence electrons. The summed E-state index contributed by atoms with van der Waals surface area (Å²) in [5.41, 5.74) is 14.4. The molecular weight excluding hydrogens is 1030 g/mol. The summed E-state index contributed by atoms with van der Waals surface area (Å²) in [6, 6.07) is 26.5. The Labute approximate surface area is 455 Å². The highest BCUT2D eigenvalue weighted by atomic mass is 19.4. The molecule has 22 heteroatoms. The smallest absolute Gasteiger partial charge is 0.406 e. The fourth-order valence-corrected chi connectivity index (χ4v) is 10.00. The van der Waals surface area contributed by atoms with E-state index in [1.807, 2.05) is 47.2 Å². The first-order chi connectivity index (χ1) is 38.5. The number of anilines is 3. The number of hydrogen-bond acceptors (Lipinski definition) is 12. The van der Waals surface area contributed by atoms with Gasteiger partial charge in [0.2, 0.25) is 23.6 Å². The Morgan fingerprint density at radius 2 is 1.66 bits per heavy atom. The van der Waals surface area contributed by atoms with Crippen molar-refractivity contribution in [3.63, 3.8) is 0 Å². The Kier molecular flexibility index (Phi) is 15.4. The van der Waals surface area contributed by atoms with Crippen molar-refractivity contribution in [3.8, 4) is 28.7 Å². The third-order valence-corrected chi connectivity index (χ3v) is 14.0. The number of imide groups is 1. The van der Waals surface area contributed by atoms with Gasteiger partial charge in [-0.25, -0.2) is 19.7 Å². The SMILES string of the molecule is Cn1c(=O)n(C2CCC(=O)NC2=O)c2ccc(CCC(=O)NCCNc3ccc(C#Cc4ccc(C(=O)NCCCn5cc(-c6ccc7c(c6)CCN7C(=O)Cc6cccc(OC(F)(F)F)c6)c6c(N)ncnc65)cc4)cn3)cc21. The highest BCUT2D eigenvalue weighted by Gasteiger charge is 2.33. The lowest BCUT2D eigenvalue weighted by atomic mass is 10.0. The first-order valence-corrected chi connectivity index (χ1v) is 25.8. The molecule has 6 N–H and O–H groups in total. The number of amides is 5. The summed E-state index contributed by atoms with van der Waals surface area (Å²) in [6.07, 6.45) is 2.31. The molecule has 4 aromatic heterocycles. The number of alkyl halides is 3. The van der Waals surface area contributed by atoms with Crippen LogP contribution < -0.4 is 42.3 Å². The van der Waals surface area contributed by atoms with Crippen molar-refractivity contribution in [1.29, 1.82) is 0 Å². The molecule has 4 aromatic carbocycles. The van der Waals surface area contributed by atoms with Gasteiger partial charge in [-0.05, 0) is 121 Å². The van der Waals surface area contributed by atoms with Crippen molar-refractivity contribution >= 4 is 68.9 Å². The van der Waals surface area contributed by atoms with Gasteiger partial charge < -0.3 is 35.9 Å². The second-order valence-corrected chi connectivity index (χ2v) is 19.4. The number of nitrogens with zero attached hydrogens (tertiary/aromatic N) is 7. The third kappa shape index (κ3) is 12.2. The topological polar surface area (TPSA) is 242 Å². The number of nitrogen functional groups attached to an aromatic ring is 1. The van der Waals surface area contributed by atoms with Crippen LogP contribution in [-0.2, 0) is 52.0 Å². The number of aromatic nitrogens is 6. The minimum atomic E-state index is -4.84. The largest absolute Gasteiger partial charge is 0.573 e. The minimum absolute atomic E-state index is 0.0985. The van der Waals surface area contributed by atoms with E-state index in [9.17, 15) is 41.9 Å². The first kappa shape index (κ1) is 53.6. The second-order valence-electron chi connectivity index (χ2n) is 19.4. The van der Waals surface area contributed by atoms with Crippen molar-refractivity contribution in [1.82, 2.24) is 44.6 Å². The van der Waals surface area contributed by atoms with Gasteiger partial charge in [0.15, 0.2) is 0 Å². The Morgan fingerprint density at radius 3 is 2.45 bits per heavy atom. The molecule has 0 spiro atoms. The molecule has 0 saturated carbocycles. The van der Waals surface area contributed by atoms with Crippen LogP contribution in [0.15, 0.2) is 121 Å². The number of fused-ring (bicyclic) bond motifs is 3. The molecule has 0 aliphatic carbocycles. The molecule has 10 rings (SSSR count). The maximum Gasteiger partial charge on any atom is 0.573 e. The van der Waals surface area contributed by atoms with Crippen LogP contribution in [0.3, 0.4) is 0 Å². The predicted molar refractivity (Wildman–Crippen MR) is 292 cm³/mol. The molecule has 0 bridgehead atoms. The molecule has 5 amide bonds. The van der Waals surface area contributed by atoms with Gasteiger partial charge in [0.1, 0.15) is 35.4 Å². The lowest BCUT2D eigenvalue weighted by Crippen LogP contribution is -2.44. The number of nitrogens with one attached hydrogen (secondary N) is 4. The molecule has 19 nitrogen and oxygen atoms in total. The number of halogens is 3. The summed E-state index contributed by atoms with van der Waals surface area (Å²) in [5, 5.41) is 12.1. The summed E-state index contributed by atoms with van der Waals surface area (Å²) in [7, 11) is 1.63. The van der Waals surface area contributed by atoms with Gasteiger partial charge in [-0.15, -0.1) is 13.2 Å². The number of ether oxygens (including phenoxy) is 1. The zero-order chi connectivity index (χ0) is 56.1. The standard InChI is InChI=1S/C58H53F3N12O7/c1-70-47-29-36(10-16-45(47)73(57(70)79)46-18-21-50(75)69-56(46)78)12-20-49(74)64-25-24-63-48-19-11-37(32-66-48)7-6-35-8-13-39(14-9-35)55(77)65-23-3-26-71-33-43(52-53(62)67-34-68-54(52)71)40-15-17-44-41(31-40)22-27-72(44)51(76)30-38-4-2-5-42(28-38)80-58(59,60)61/h2,4-5,8-11,13-17,19,28-29,31-34,46H,3,12,18,20-27,30H2,1H3,(H,63,66)(H,64,74)(H,65,77)(H2,62,67,68)(H,69,75,78). The second kappa shape index (κ2) is 23.1. The summed E-state index contributed by atoms with van der Waals surface area (Å²) in [5.74, 6) is 5.27. The number of piperidine rings is 1. The fourth-order valence-electron chi connectivity index (χ4n) is 10.00. The number of pyridine rings is 1. The first-order valence-electron chi connectivity index (χ1n) is 25.8. The van der Waals surface area contributed by atoms with Gasteiger partial charge in [0.25, 0.3) is 5.91 Å². The minimum Gasteiger partial charge on any atom is -0.406 e. The van der Waals surface area contributed by atoms with Crippen molar-refractivity contribution in [2.24, 2.45) is 7.05 Å². The molecule has 1 fully saturated rings. The zero-order valence-electron chi connectivity index (χ0n) is 43.2. The van der Waals surface area contributed by atoms with E-state index in [0.29, 0.717) is 108 Å². The quantitative estimate of drug-likeness (QED) is 0.0394. The number of aryl methyl sites for hydroxylation is 3. The van der Waals surface area contributed by atoms with E-state index < -0.39 is 18.3 Å². The van der Waals surface area contributed by atoms with Crippen molar-refractivity contribution < 1.29 is 41.9 Å². The molecule has 6 heterocycles. The number of benzene rings is 4. The normalized spacial score (nSPS) is 14.1. The summed E-state index contributed by atoms with van der Waals surface area (Å²) >= 11 is 0. The molecule has 0 radical (unpaired) electrons. The number of imidazole rings is 1. The highest BCUT2D eigenvalue weighted by molar-refractivity contribution is 6.02. The molecule has 1 saturated heterocycles. The average Bonchev–Trinajstić information content (AvgIpc) is 4.19. The zero-order valence-corrected chi connectivity index (χ0v) is 43.2. The maximum atomic E-state index is 13.4. The van der Waals surface area contributed by atoms with Crippen LogP contribution in [0.25, 0.3) is 33.2 Å². The Morgan fingerprint density at radius 1 is 0.850 bits per heavy atom. The van der Waals surface area contributed by atoms with Gasteiger partial charge in [-0.3, -0.25) is 38.4 Å². The molecule has 2 aliphatic rings. The van der Waals surface area contributed by atoms with Crippen molar-refractivity contribution in [3.05, 3.63) is 160 Å². The van der Waals surface area contributed by atoms with Gasteiger partial charge >= 0.3 is 12.1 Å². The van der Waals surface area contributed by atoms with Gasteiger partial charge in [0, 0.05) is 92.9 Å². The maximum absolute atomic E-state index is 13.4. The van der Waals surface area contributed by atoms with E-state index in [1.165, 1.54) is 33.7 Å². The fraction of sp³-hybridized carbons (Fsp3) is 0.259. The van der Waals surface area contributed by atoms with Crippen LogP contribution in [0.2, 0.25) is 0 Å². The lowest BCUT2D eigenvalue weighted by molar-refractivity contribution is -0.274. The van der Waals surface area contributed by atoms with Crippen molar-refractivity contribution in [2.75, 3.05) is 42.1 Å². The van der Waals surface area contributed by atoms with Gasteiger partial charge in [-0.2, -0.15) is 0 Å². The van der Waals surface area contributed by atoms with Gasteiger partial charge in [0.05, 0.1) is 22.8 Å². The van der Waals surface area contributed by atoms with E-state index in [1.54, 1.807) is 60.6 Å². The average molecular weight is 1090 g/mol. The van der Waals surface area contributed by atoms with E-state index in [0.717, 1.165) is 27.9 Å².